The van der Waals surface area contributed by atoms with Gasteiger partial charge in [-0.3, -0.25) is 0 Å². The summed E-state index contributed by atoms with van der Waals surface area (Å²) in [6.45, 7) is 16.7. The second-order valence-electron chi connectivity index (χ2n) is 6.77. The molecule has 0 aliphatic heterocycles. The van der Waals surface area contributed by atoms with Crippen molar-refractivity contribution >= 4 is 17.3 Å². The van der Waals surface area contributed by atoms with Gasteiger partial charge in [0.25, 0.3) is 0 Å². The first kappa shape index (κ1) is 18.0. The maximum atomic E-state index is 4.68. The molecular formula is C16H30N4S. The number of aromatic nitrogens is 1. The molecule has 1 aromatic heterocycles. The summed E-state index contributed by atoms with van der Waals surface area (Å²) in [7, 11) is 0. The molecule has 0 radical (unpaired) electrons. The van der Waals surface area contributed by atoms with Crippen molar-refractivity contribution in [3.8, 4) is 0 Å². The number of rotatable bonds is 5. The van der Waals surface area contributed by atoms with Crippen molar-refractivity contribution in [2.24, 2.45) is 10.9 Å². The lowest BCUT2D eigenvalue weighted by atomic mass is 9.98. The molecule has 21 heavy (non-hydrogen) atoms. The zero-order valence-corrected chi connectivity index (χ0v) is 15.3. The summed E-state index contributed by atoms with van der Waals surface area (Å²) < 4.78 is 0. The van der Waals surface area contributed by atoms with Gasteiger partial charge in [0.05, 0.1) is 17.2 Å². The monoisotopic (exact) mass is 310 g/mol. The minimum atomic E-state index is 0.113. The zero-order valence-electron chi connectivity index (χ0n) is 14.4. The minimum absolute atomic E-state index is 0.113. The lowest BCUT2D eigenvalue weighted by molar-refractivity contribution is 0.481. The third kappa shape index (κ3) is 6.04. The van der Waals surface area contributed by atoms with Gasteiger partial charge in [0.15, 0.2) is 5.96 Å². The van der Waals surface area contributed by atoms with Crippen LogP contribution in [-0.4, -0.2) is 23.5 Å². The molecule has 1 unspecified atom stereocenters. The van der Waals surface area contributed by atoms with Crippen molar-refractivity contribution in [2.75, 3.05) is 6.54 Å². The Labute approximate surface area is 133 Å². The van der Waals surface area contributed by atoms with Crippen LogP contribution in [0.4, 0.5) is 0 Å². The Balaban J connectivity index is 2.71. The van der Waals surface area contributed by atoms with Crippen molar-refractivity contribution in [2.45, 2.75) is 66.5 Å². The Bertz CT molecular complexity index is 457. The van der Waals surface area contributed by atoms with E-state index < -0.39 is 0 Å². The van der Waals surface area contributed by atoms with Gasteiger partial charge in [0, 0.05) is 23.4 Å². The van der Waals surface area contributed by atoms with Crippen LogP contribution in [-0.2, 0) is 12.0 Å². The third-order valence-corrected chi connectivity index (χ3v) is 4.62. The van der Waals surface area contributed by atoms with E-state index in [1.54, 1.807) is 11.3 Å². The highest BCUT2D eigenvalue weighted by atomic mass is 32.1. The number of aliphatic imine (C=N–C) groups is 1. The van der Waals surface area contributed by atoms with Crippen LogP contribution in [0, 0.1) is 5.92 Å². The van der Waals surface area contributed by atoms with E-state index in [0.717, 1.165) is 18.2 Å². The topological polar surface area (TPSA) is 49.3 Å². The standard InChI is InChI=1S/C16H30N4S/c1-8-17-15(19-12(4)11(2)3)18-9-13-10-21-14(20-13)16(5,6)7/h10-12H,8-9H2,1-7H3,(H2,17,18,19). The molecule has 1 aromatic rings. The predicted molar refractivity (Wildman–Crippen MR) is 93.1 cm³/mol. The van der Waals surface area contributed by atoms with E-state index >= 15 is 0 Å². The Morgan fingerprint density at radius 3 is 2.48 bits per heavy atom. The fraction of sp³-hybridized carbons (Fsp3) is 0.750. The SMILES string of the molecule is CCNC(=NCc1csc(C(C)(C)C)n1)NC(C)C(C)C. The molecule has 1 heterocycles. The first-order valence-corrected chi connectivity index (χ1v) is 8.61. The predicted octanol–water partition coefficient (Wildman–Crippen LogP) is 3.54. The molecule has 0 saturated carbocycles. The quantitative estimate of drug-likeness (QED) is 0.646. The highest BCUT2D eigenvalue weighted by Crippen LogP contribution is 2.25. The molecule has 1 atom stereocenters. The fourth-order valence-electron chi connectivity index (χ4n) is 1.59. The number of thiazole rings is 1. The first-order valence-electron chi connectivity index (χ1n) is 7.73. The molecule has 120 valence electrons. The van der Waals surface area contributed by atoms with Gasteiger partial charge in [-0.15, -0.1) is 11.3 Å². The van der Waals surface area contributed by atoms with E-state index in [-0.39, 0.29) is 5.41 Å². The Morgan fingerprint density at radius 1 is 1.33 bits per heavy atom. The van der Waals surface area contributed by atoms with E-state index in [4.69, 9.17) is 0 Å². The average molecular weight is 311 g/mol. The molecule has 0 spiro atoms. The maximum Gasteiger partial charge on any atom is 0.191 e. The maximum absolute atomic E-state index is 4.68. The van der Waals surface area contributed by atoms with Gasteiger partial charge in [0.1, 0.15) is 0 Å². The minimum Gasteiger partial charge on any atom is -0.357 e. The van der Waals surface area contributed by atoms with Crippen molar-refractivity contribution < 1.29 is 0 Å². The van der Waals surface area contributed by atoms with Crippen LogP contribution in [0.3, 0.4) is 0 Å². The van der Waals surface area contributed by atoms with Crippen LogP contribution < -0.4 is 10.6 Å². The summed E-state index contributed by atoms with van der Waals surface area (Å²) in [5, 5.41) is 10.0. The van der Waals surface area contributed by atoms with Gasteiger partial charge in [-0.1, -0.05) is 34.6 Å². The highest BCUT2D eigenvalue weighted by molar-refractivity contribution is 7.09. The van der Waals surface area contributed by atoms with Gasteiger partial charge >= 0.3 is 0 Å². The summed E-state index contributed by atoms with van der Waals surface area (Å²) >= 11 is 1.72. The summed E-state index contributed by atoms with van der Waals surface area (Å²) in [4.78, 5) is 9.32. The van der Waals surface area contributed by atoms with Gasteiger partial charge in [-0.2, -0.15) is 0 Å². The summed E-state index contributed by atoms with van der Waals surface area (Å²) in [5.41, 5.74) is 1.15. The number of hydrogen-bond acceptors (Lipinski definition) is 3. The Hall–Kier alpha value is -1.10. The average Bonchev–Trinajstić information content (AvgIpc) is 2.84. The Morgan fingerprint density at radius 2 is 2.00 bits per heavy atom. The Kier molecular flexibility index (Phi) is 6.65. The molecular weight excluding hydrogens is 280 g/mol. The molecule has 0 aromatic carbocycles. The van der Waals surface area contributed by atoms with Crippen molar-refractivity contribution in [3.05, 3.63) is 16.1 Å². The van der Waals surface area contributed by atoms with Gasteiger partial charge in [0.2, 0.25) is 0 Å². The molecule has 4 nitrogen and oxygen atoms in total. The van der Waals surface area contributed by atoms with Crippen molar-refractivity contribution in [3.63, 3.8) is 0 Å². The molecule has 0 bridgehead atoms. The normalized spacial score (nSPS) is 14.4. The molecule has 1 rings (SSSR count). The summed E-state index contributed by atoms with van der Waals surface area (Å²) in [6, 6.07) is 0.392. The van der Waals surface area contributed by atoms with Gasteiger partial charge in [-0.25, -0.2) is 9.98 Å². The largest absolute Gasteiger partial charge is 0.357 e. The molecule has 5 heteroatoms. The van der Waals surface area contributed by atoms with Crippen molar-refractivity contribution in [1.82, 2.24) is 15.6 Å². The molecule has 0 aliphatic rings. The number of guanidine groups is 1. The van der Waals surface area contributed by atoms with Crippen LogP contribution >= 0.6 is 11.3 Å². The van der Waals surface area contributed by atoms with Crippen molar-refractivity contribution in [1.29, 1.82) is 0 Å². The number of nitrogens with zero attached hydrogens (tertiary/aromatic N) is 2. The fourth-order valence-corrected chi connectivity index (χ4v) is 2.48. The number of nitrogens with one attached hydrogen (secondary N) is 2. The van der Waals surface area contributed by atoms with E-state index in [2.05, 4.69) is 74.5 Å². The summed E-state index contributed by atoms with van der Waals surface area (Å²) in [5.74, 6) is 1.43. The van der Waals surface area contributed by atoms with E-state index in [1.807, 2.05) is 0 Å². The second kappa shape index (κ2) is 7.78. The van der Waals surface area contributed by atoms with Gasteiger partial charge < -0.3 is 10.6 Å². The lowest BCUT2D eigenvalue weighted by Crippen LogP contribution is -2.44. The number of hydrogen-bond donors (Lipinski definition) is 2. The summed E-state index contributed by atoms with van der Waals surface area (Å²) in [6.07, 6.45) is 0. The molecule has 0 fully saturated rings. The van der Waals surface area contributed by atoms with E-state index in [0.29, 0.717) is 18.5 Å². The molecule has 0 amide bonds. The first-order chi connectivity index (χ1) is 9.74. The van der Waals surface area contributed by atoms with Crippen LogP contribution in [0.5, 0.6) is 0 Å². The molecule has 0 saturated heterocycles. The smallest absolute Gasteiger partial charge is 0.191 e. The van der Waals surface area contributed by atoms with Crippen LogP contribution in [0.2, 0.25) is 0 Å². The lowest BCUT2D eigenvalue weighted by Gasteiger charge is -2.20. The zero-order chi connectivity index (χ0) is 16.0. The van der Waals surface area contributed by atoms with Gasteiger partial charge in [-0.05, 0) is 19.8 Å². The third-order valence-electron chi connectivity index (χ3n) is 3.30. The van der Waals surface area contributed by atoms with Crippen LogP contribution in [0.1, 0.15) is 59.2 Å². The van der Waals surface area contributed by atoms with E-state index in [9.17, 15) is 0 Å². The van der Waals surface area contributed by atoms with Crippen LogP contribution in [0.25, 0.3) is 0 Å². The molecule has 2 N–H and O–H groups in total. The molecule has 0 aliphatic carbocycles. The van der Waals surface area contributed by atoms with Crippen LogP contribution in [0.15, 0.2) is 10.4 Å². The highest BCUT2D eigenvalue weighted by Gasteiger charge is 2.17. The second-order valence-corrected chi connectivity index (χ2v) is 7.62. The van der Waals surface area contributed by atoms with E-state index in [1.165, 1.54) is 5.01 Å².